The Kier molecular flexibility index (Phi) is 6.21. The van der Waals surface area contributed by atoms with Crippen molar-refractivity contribution in [3.05, 3.63) is 0 Å². The van der Waals surface area contributed by atoms with Gasteiger partial charge in [-0.1, -0.05) is 13.1 Å². The van der Waals surface area contributed by atoms with Gasteiger partial charge in [0.05, 0.1) is 0 Å². The van der Waals surface area contributed by atoms with Crippen molar-refractivity contribution in [3.8, 4) is 0 Å². The molecule has 1 N–H and O–H groups in total. The van der Waals surface area contributed by atoms with E-state index in [0.29, 0.717) is 12.8 Å². The van der Waals surface area contributed by atoms with Crippen LogP contribution in [-0.2, 0) is 4.74 Å². The van der Waals surface area contributed by atoms with Crippen LogP contribution in [0.15, 0.2) is 0 Å². The van der Waals surface area contributed by atoms with E-state index < -0.39 is 0 Å². The lowest BCUT2D eigenvalue weighted by molar-refractivity contribution is 0.230. The molecule has 0 fully saturated rings. The predicted octanol–water partition coefficient (Wildman–Crippen LogP) is -0.217. The molecule has 0 spiro atoms. The van der Waals surface area contributed by atoms with Gasteiger partial charge in [0.15, 0.2) is 7.28 Å². The SMILES string of the molecule is C[B]CC(O)[B]COC. The highest BCUT2D eigenvalue weighted by atomic mass is 16.5. The fourth-order valence-electron chi connectivity index (χ4n) is 0.545. The van der Waals surface area contributed by atoms with Crippen LogP contribution in [0, 0.1) is 0 Å². The summed E-state index contributed by atoms with van der Waals surface area (Å²) in [5, 5.41) is 9.01. The van der Waals surface area contributed by atoms with Gasteiger partial charge in [0.25, 0.3) is 0 Å². The Hall–Kier alpha value is 0.0499. The average molecular weight is 126 g/mol. The molecule has 0 aliphatic rings. The molecule has 0 bridgehead atoms. The fourth-order valence-corrected chi connectivity index (χ4v) is 0.545. The molecule has 0 aliphatic carbocycles. The summed E-state index contributed by atoms with van der Waals surface area (Å²) in [6.07, 6.45) is 0.712. The molecule has 2 radical (unpaired) electrons. The van der Waals surface area contributed by atoms with Crippen LogP contribution >= 0.6 is 0 Å². The highest BCUT2D eigenvalue weighted by molar-refractivity contribution is 6.42. The van der Waals surface area contributed by atoms with E-state index >= 15 is 0 Å². The van der Waals surface area contributed by atoms with Crippen LogP contribution in [0.25, 0.3) is 0 Å². The summed E-state index contributed by atoms with van der Waals surface area (Å²) < 4.78 is 4.73. The van der Waals surface area contributed by atoms with Crippen molar-refractivity contribution in [3.63, 3.8) is 0 Å². The standard InChI is InChI=1S/C5H12B2O2/c1-6-3-5(8)7-4-9-2/h5,8H,3-4H2,1-2H3. The molecular formula is C5H12B2O2. The third-order valence-electron chi connectivity index (χ3n) is 1.01. The number of rotatable bonds is 5. The maximum atomic E-state index is 9.01. The molecule has 0 saturated carbocycles. The Morgan fingerprint density at radius 2 is 2.33 bits per heavy atom. The maximum absolute atomic E-state index is 9.01. The number of aliphatic hydroxyl groups is 1. The number of aliphatic hydroxyl groups excluding tert-OH is 1. The average Bonchev–Trinajstić information content (AvgIpc) is 1.85. The first-order valence-electron chi connectivity index (χ1n) is 3.09. The molecule has 2 nitrogen and oxygen atoms in total. The normalized spacial score (nSPS) is 12.8. The molecule has 0 aromatic carbocycles. The lowest BCUT2D eigenvalue weighted by atomic mass is 9.62. The Bertz CT molecular complexity index is 60.9. The molecule has 0 aromatic rings. The van der Waals surface area contributed by atoms with Crippen molar-refractivity contribution in [2.24, 2.45) is 0 Å². The van der Waals surface area contributed by atoms with Gasteiger partial charge >= 0.3 is 0 Å². The monoisotopic (exact) mass is 126 g/mol. The van der Waals surface area contributed by atoms with Gasteiger partial charge in [-0.25, -0.2) is 0 Å². The summed E-state index contributed by atoms with van der Waals surface area (Å²) in [5.41, 5.74) is 0. The quantitative estimate of drug-likeness (QED) is 0.516. The van der Waals surface area contributed by atoms with Gasteiger partial charge in [-0.2, -0.15) is 0 Å². The second kappa shape index (κ2) is 6.17. The summed E-state index contributed by atoms with van der Waals surface area (Å²) >= 11 is 0. The summed E-state index contributed by atoms with van der Waals surface area (Å²) in [5.74, 6) is 0. The van der Waals surface area contributed by atoms with E-state index in [1.807, 2.05) is 14.1 Å². The summed E-state index contributed by atoms with van der Waals surface area (Å²) in [6.45, 7) is 2.44. The molecule has 0 aromatic heterocycles. The summed E-state index contributed by atoms with van der Waals surface area (Å²) in [6, 6.07) is -0.338. The molecule has 0 amide bonds. The molecule has 4 heteroatoms. The minimum absolute atomic E-state index is 0.338. The molecule has 0 heterocycles. The highest BCUT2D eigenvalue weighted by Crippen LogP contribution is 1.87. The van der Waals surface area contributed by atoms with E-state index in [0.717, 1.165) is 0 Å². The van der Waals surface area contributed by atoms with Gasteiger partial charge < -0.3 is 9.84 Å². The van der Waals surface area contributed by atoms with E-state index in [1.165, 1.54) is 0 Å². The van der Waals surface area contributed by atoms with Crippen LogP contribution in [0.5, 0.6) is 0 Å². The third-order valence-corrected chi connectivity index (χ3v) is 1.01. The first-order valence-corrected chi connectivity index (χ1v) is 3.09. The van der Waals surface area contributed by atoms with E-state index in [-0.39, 0.29) is 6.00 Å². The third kappa shape index (κ3) is 5.93. The zero-order valence-electron chi connectivity index (χ0n) is 6.00. The number of hydrogen-bond acceptors (Lipinski definition) is 2. The molecule has 0 saturated heterocycles. The lowest BCUT2D eigenvalue weighted by Gasteiger charge is -2.04. The topological polar surface area (TPSA) is 29.5 Å². The van der Waals surface area contributed by atoms with E-state index in [2.05, 4.69) is 0 Å². The highest BCUT2D eigenvalue weighted by Gasteiger charge is 2.02. The molecule has 9 heavy (non-hydrogen) atoms. The molecule has 50 valence electrons. The zero-order valence-corrected chi connectivity index (χ0v) is 6.00. The molecule has 1 unspecified atom stereocenters. The second-order valence-electron chi connectivity index (χ2n) is 1.90. The van der Waals surface area contributed by atoms with E-state index in [4.69, 9.17) is 9.84 Å². The summed E-state index contributed by atoms with van der Waals surface area (Å²) in [4.78, 5) is 0. The van der Waals surface area contributed by atoms with Crippen molar-refractivity contribution < 1.29 is 9.84 Å². The molecule has 1 atom stereocenters. The van der Waals surface area contributed by atoms with Crippen molar-refractivity contribution in [1.82, 2.24) is 0 Å². The van der Waals surface area contributed by atoms with Crippen molar-refractivity contribution in [2.75, 3.05) is 13.6 Å². The maximum Gasteiger partial charge on any atom is 0.182 e. The van der Waals surface area contributed by atoms with Gasteiger partial charge in [-0.05, 0) is 0 Å². The molecule has 0 rings (SSSR count). The van der Waals surface area contributed by atoms with Crippen LogP contribution < -0.4 is 0 Å². The van der Waals surface area contributed by atoms with Gasteiger partial charge in [0.2, 0.25) is 0 Å². The largest absolute Gasteiger partial charge is 0.403 e. The zero-order chi connectivity index (χ0) is 7.11. The fraction of sp³-hybridized carbons (Fsp3) is 1.00. The Labute approximate surface area is 58.1 Å². The Morgan fingerprint density at radius 1 is 1.67 bits per heavy atom. The Morgan fingerprint density at radius 3 is 2.78 bits per heavy atom. The predicted molar refractivity (Wildman–Crippen MR) is 40.1 cm³/mol. The van der Waals surface area contributed by atoms with Crippen molar-refractivity contribution in [1.29, 1.82) is 0 Å². The van der Waals surface area contributed by atoms with Crippen LogP contribution in [0.1, 0.15) is 0 Å². The second-order valence-corrected chi connectivity index (χ2v) is 1.90. The summed E-state index contributed by atoms with van der Waals surface area (Å²) in [7, 11) is 5.27. The first kappa shape index (κ1) is 9.05. The van der Waals surface area contributed by atoms with Crippen LogP contribution in [0.2, 0.25) is 13.1 Å². The van der Waals surface area contributed by atoms with Gasteiger partial charge in [0.1, 0.15) is 7.28 Å². The van der Waals surface area contributed by atoms with Gasteiger partial charge in [0, 0.05) is 19.6 Å². The minimum atomic E-state index is -0.338. The lowest BCUT2D eigenvalue weighted by Crippen LogP contribution is -2.21. The van der Waals surface area contributed by atoms with Crippen LogP contribution in [-0.4, -0.2) is 39.3 Å². The molecular weight excluding hydrogens is 114 g/mol. The minimum Gasteiger partial charge on any atom is -0.403 e. The van der Waals surface area contributed by atoms with Crippen LogP contribution in [0.4, 0.5) is 0 Å². The van der Waals surface area contributed by atoms with E-state index in [9.17, 15) is 0 Å². The number of methoxy groups -OCH3 is 1. The number of ether oxygens (including phenoxy) is 1. The number of hydrogen-bond donors (Lipinski definition) is 1. The van der Waals surface area contributed by atoms with Crippen molar-refractivity contribution in [2.45, 2.75) is 19.1 Å². The molecule has 0 aliphatic heterocycles. The Balaban J connectivity index is 2.95. The smallest absolute Gasteiger partial charge is 0.182 e. The van der Waals surface area contributed by atoms with Crippen LogP contribution in [0.3, 0.4) is 0 Å². The van der Waals surface area contributed by atoms with Gasteiger partial charge in [-0.15, -0.1) is 0 Å². The van der Waals surface area contributed by atoms with Crippen molar-refractivity contribution >= 4 is 14.6 Å². The van der Waals surface area contributed by atoms with Gasteiger partial charge in [-0.3, -0.25) is 0 Å². The first-order chi connectivity index (χ1) is 4.31. The van der Waals surface area contributed by atoms with E-state index in [1.54, 1.807) is 14.4 Å².